The summed E-state index contributed by atoms with van der Waals surface area (Å²) in [6.45, 7) is 3.20. The number of rotatable bonds is 9. The molecule has 0 atom stereocenters. The van der Waals surface area contributed by atoms with Crippen molar-refractivity contribution in [2.24, 2.45) is 10.2 Å². The molecule has 286 valence electrons. The third-order valence-electron chi connectivity index (χ3n) is 8.08. The average Bonchev–Trinajstić information content (AvgIpc) is 3.13. The van der Waals surface area contributed by atoms with Crippen LogP contribution in [0.3, 0.4) is 0 Å². The van der Waals surface area contributed by atoms with Crippen LogP contribution in [-0.4, -0.2) is 66.6 Å². The molecule has 17 nitrogen and oxygen atoms in total. The number of allylic oxidation sites excluding steroid dienone is 2. The van der Waals surface area contributed by atoms with Crippen LogP contribution in [0.15, 0.2) is 98.9 Å². The van der Waals surface area contributed by atoms with Crippen LogP contribution in [0, 0.1) is 0 Å². The van der Waals surface area contributed by atoms with Gasteiger partial charge in [0, 0.05) is 12.3 Å². The Bertz CT molecular complexity index is 2620. The van der Waals surface area contributed by atoms with Crippen LogP contribution in [0.5, 0.6) is 0 Å². The summed E-state index contributed by atoms with van der Waals surface area (Å²) >= 11 is -2.66. The van der Waals surface area contributed by atoms with Crippen LogP contribution < -0.4 is 25.4 Å². The number of hydrogen-bond donors (Lipinski definition) is 7. The second kappa shape index (κ2) is 17.1. The molecule has 0 fully saturated rings. The van der Waals surface area contributed by atoms with Crippen LogP contribution >= 0.6 is 0 Å². The number of fused-ring (bicyclic) bond motifs is 2. The standard InChI is InChI=1S/C32H23N6O8S2.C2H4O2.C2H6O.Hg/c33-23-5-1-3-19-15-25(47(41,42)43)29(31(39)27(19)23)37-35-21-11-7-17(8-12-21)18-9-13-22(14-10-18)36-38-30-26(48(44,45)46)16-20-4-2-6-24(34)28(20)32(30)40;1-2(3)4;1-2-3;/h1-13,15-16,35-36H,33-34H2,(H,41,42,43)(H,44,45,46);1H3,(H,3,4);3H,2H2,1H3;/q;;;+1/p-1/b37-29+,38-30-;;;. The minimum absolute atomic E-state index is 0.0240. The summed E-state index contributed by atoms with van der Waals surface area (Å²) in [5.74, 6) is -2.11. The molecule has 20 heteroatoms. The first-order chi connectivity index (χ1) is 26.4. The Labute approximate surface area is 333 Å². The van der Waals surface area contributed by atoms with Crippen molar-refractivity contribution in [2.45, 2.75) is 13.8 Å². The topological polar surface area (TPSA) is 290 Å². The molecule has 9 N–H and O–H groups in total. The van der Waals surface area contributed by atoms with Gasteiger partial charge < -0.3 is 10.8 Å². The summed E-state index contributed by atoms with van der Waals surface area (Å²) in [6.07, 6.45) is 2.21. The summed E-state index contributed by atoms with van der Waals surface area (Å²) in [5, 5.41) is 15.6. The van der Waals surface area contributed by atoms with Crippen LogP contribution in [-0.2, 0) is 52.7 Å². The molecular weight excluding hydrogens is 957 g/mol. The number of carbonyl (C=O) groups is 3. The number of Topliss-reactive ketones (excluding diaryl/α,β-unsaturated/α-hetero) is 2. The van der Waals surface area contributed by atoms with E-state index in [0.717, 1.165) is 12.2 Å². The molecule has 0 bridgehead atoms. The van der Waals surface area contributed by atoms with Crippen molar-refractivity contribution in [1.82, 2.24) is 0 Å². The number of nitrogen functional groups attached to an aromatic ring is 2. The minimum atomic E-state index is -4.88. The zero-order valence-corrected chi connectivity index (χ0v) is 36.7. The van der Waals surface area contributed by atoms with Crippen LogP contribution in [0.4, 0.5) is 22.7 Å². The summed E-state index contributed by atoms with van der Waals surface area (Å²) in [6, 6.07) is 20.6. The Kier molecular flexibility index (Phi) is 12.7. The van der Waals surface area contributed by atoms with E-state index in [9.17, 15) is 40.3 Å². The van der Waals surface area contributed by atoms with Crippen LogP contribution in [0.2, 0.25) is 0 Å². The number of nitrogens with zero attached hydrogens (tertiary/aromatic N) is 2. The van der Waals surface area contributed by atoms with Gasteiger partial charge in [0.25, 0.3) is 0 Å². The first kappa shape index (κ1) is 41.6. The molecule has 0 aliphatic heterocycles. The normalized spacial score (nSPS) is 15.0. The minimum Gasteiger partial charge on any atom is -0.397 e. The molecule has 56 heavy (non-hydrogen) atoms. The van der Waals surface area contributed by atoms with Crippen molar-refractivity contribution in [2.75, 3.05) is 28.9 Å². The summed E-state index contributed by atoms with van der Waals surface area (Å²) < 4.78 is 74.5. The Morgan fingerprint density at radius 3 is 1.68 bits per heavy atom. The molecule has 4 aromatic carbocycles. The van der Waals surface area contributed by atoms with E-state index in [2.05, 4.69) is 21.1 Å². The number of nitrogens with two attached hydrogens (primary N) is 2. The molecule has 0 saturated carbocycles. The predicted octanol–water partition coefficient (Wildman–Crippen LogP) is 3.49. The summed E-state index contributed by atoms with van der Waals surface area (Å²) in [7, 11) is -9.72. The van der Waals surface area contributed by atoms with Gasteiger partial charge in [-0.15, -0.1) is 0 Å². The van der Waals surface area contributed by atoms with Gasteiger partial charge in [0.15, 0.2) is 0 Å². The summed E-state index contributed by atoms with van der Waals surface area (Å²) in [4.78, 5) is 36.9. The van der Waals surface area contributed by atoms with Gasteiger partial charge in [0.2, 0.25) is 0 Å². The molecule has 0 spiro atoms. The Morgan fingerprint density at radius 1 is 0.750 bits per heavy atom. The van der Waals surface area contributed by atoms with E-state index >= 15 is 0 Å². The molecule has 0 aromatic heterocycles. The number of nitrogens with one attached hydrogen (secondary N) is 2. The van der Waals surface area contributed by atoms with Crippen LogP contribution in [0.1, 0.15) is 45.7 Å². The third kappa shape index (κ3) is 9.26. The van der Waals surface area contributed by atoms with Crippen molar-refractivity contribution in [1.29, 1.82) is 0 Å². The molecular formula is C36H32HgN6O11S2. The second-order valence-electron chi connectivity index (χ2n) is 11.9. The van der Waals surface area contributed by atoms with Crippen molar-refractivity contribution in [3.05, 3.63) is 111 Å². The molecule has 2 aliphatic rings. The van der Waals surface area contributed by atoms with Gasteiger partial charge >= 0.3 is 269 Å². The average molecular weight is 989 g/mol. The molecule has 2 aliphatic carbocycles. The third-order valence-corrected chi connectivity index (χ3v) is 15.4. The monoisotopic (exact) mass is 990 g/mol. The maximum absolute atomic E-state index is 13.4. The summed E-state index contributed by atoms with van der Waals surface area (Å²) in [5.41, 5.74) is 18.9. The number of ketones is 2. The van der Waals surface area contributed by atoms with Gasteiger partial charge in [-0.25, -0.2) is 0 Å². The zero-order valence-electron chi connectivity index (χ0n) is 29.5. The molecule has 0 amide bonds. The molecule has 4 aromatic rings. The van der Waals surface area contributed by atoms with Gasteiger partial charge in [0.1, 0.15) is 0 Å². The number of carbonyl (C=O) groups excluding carboxylic acids is 3. The Hall–Kier alpha value is -5.57. The number of aliphatic hydroxyl groups is 1. The van der Waals surface area contributed by atoms with E-state index in [0.29, 0.717) is 25.6 Å². The molecule has 0 unspecified atom stereocenters. The fourth-order valence-corrected chi connectivity index (χ4v) is 10.8. The molecule has 0 radical (unpaired) electrons. The number of hydrazone groups is 2. The number of benzene rings is 4. The van der Waals surface area contributed by atoms with Gasteiger partial charge in [-0.2, -0.15) is 8.42 Å². The second-order valence-corrected chi connectivity index (χ2v) is 19.9. The number of hydrogen-bond acceptors (Lipinski definition) is 15. The first-order valence-corrected chi connectivity index (χ1v) is 24.2. The van der Waals surface area contributed by atoms with Gasteiger partial charge in [-0.1, -0.05) is 12.1 Å². The zero-order chi connectivity index (χ0) is 40.9. The Morgan fingerprint density at radius 2 is 1.21 bits per heavy atom. The van der Waals surface area contributed by atoms with E-state index in [1.807, 2.05) is 0 Å². The molecule has 6 rings (SSSR count). The smallest absolute Gasteiger partial charge is 0.0402 e. The van der Waals surface area contributed by atoms with Gasteiger partial charge in [0.05, 0.1) is 0 Å². The quantitative estimate of drug-likeness (QED) is 0.0547. The van der Waals surface area contributed by atoms with Crippen molar-refractivity contribution < 1.29 is 73.1 Å². The van der Waals surface area contributed by atoms with E-state index in [-0.39, 0.29) is 40.2 Å². The van der Waals surface area contributed by atoms with Crippen LogP contribution in [0.25, 0.3) is 23.3 Å². The first-order valence-electron chi connectivity index (χ1n) is 16.3. The van der Waals surface area contributed by atoms with Crippen molar-refractivity contribution in [3.8, 4) is 11.1 Å². The van der Waals surface area contributed by atoms with E-state index in [4.69, 9.17) is 19.2 Å². The van der Waals surface area contributed by atoms with E-state index in [1.165, 1.54) is 37.3 Å². The number of anilines is 4. The number of aliphatic hydroxyl groups excluding tert-OH is 1. The van der Waals surface area contributed by atoms with Crippen molar-refractivity contribution in [3.63, 3.8) is 0 Å². The van der Waals surface area contributed by atoms with E-state index < -0.39 is 84.0 Å². The Balaban J connectivity index is 0.00000194. The molecule has 0 heterocycles. The SMILES string of the molecule is CC(=O)[O][Hg][c]1cc(-c2ccc(N/N=C3/C(=O)c4c(N)cccc4C=C3S(=O)(=O)O)cc2)ccc1N/N=C1\C(=O)c2c(N)cccc2C=C1S(=O)(=O)O.CCO. The fraction of sp³-hybridized carbons (Fsp3) is 0.0833. The maximum Gasteiger partial charge on any atom is 0.0402 e. The van der Waals surface area contributed by atoms with E-state index in [1.54, 1.807) is 55.5 Å². The maximum atomic E-state index is 13.4. The largest absolute Gasteiger partial charge is 0.397 e. The predicted molar refractivity (Wildman–Crippen MR) is 208 cm³/mol. The fourth-order valence-electron chi connectivity index (χ4n) is 5.58. The van der Waals surface area contributed by atoms with Crippen molar-refractivity contribution >= 4 is 87.2 Å². The molecule has 0 saturated heterocycles. The van der Waals surface area contributed by atoms with Gasteiger partial charge in [-0.3, -0.25) is 4.55 Å². The van der Waals surface area contributed by atoms with Gasteiger partial charge in [-0.05, 0) is 18.6 Å².